The van der Waals surface area contributed by atoms with Crippen LogP contribution in [0, 0.1) is 13.8 Å². The van der Waals surface area contributed by atoms with Gasteiger partial charge in [0.15, 0.2) is 0 Å². The molecule has 0 heterocycles. The minimum absolute atomic E-state index is 0.00492. The summed E-state index contributed by atoms with van der Waals surface area (Å²) in [6.07, 6.45) is 0. The molecule has 0 aromatic heterocycles. The van der Waals surface area contributed by atoms with Gasteiger partial charge >= 0.3 is 0 Å². The number of rotatable bonds is 6. The molecule has 0 bridgehead atoms. The molecule has 22 heavy (non-hydrogen) atoms. The highest BCUT2D eigenvalue weighted by atomic mass is 16.1. The molecule has 0 unspecified atom stereocenters. The molecule has 1 N–H and O–H groups in total. The van der Waals surface area contributed by atoms with Gasteiger partial charge in [0.2, 0.25) is 0 Å². The monoisotopic (exact) mass is 296 g/mol. The molecule has 0 saturated carbocycles. The summed E-state index contributed by atoms with van der Waals surface area (Å²) in [5.74, 6) is 0.00492. The molecule has 0 atom stereocenters. The largest absolute Gasteiger partial charge is 0.370 e. The maximum absolute atomic E-state index is 12.3. The highest BCUT2D eigenvalue weighted by molar-refractivity contribution is 5.95. The van der Waals surface area contributed by atoms with Gasteiger partial charge in [-0.1, -0.05) is 35.9 Å². The average Bonchev–Trinajstić information content (AvgIpc) is 2.54. The van der Waals surface area contributed by atoms with Crippen LogP contribution in [-0.2, 0) is 0 Å². The van der Waals surface area contributed by atoms with Gasteiger partial charge in [-0.3, -0.25) is 4.79 Å². The van der Waals surface area contributed by atoms with Crippen molar-refractivity contribution in [1.82, 2.24) is 5.32 Å². The van der Waals surface area contributed by atoms with E-state index in [9.17, 15) is 4.79 Å². The Morgan fingerprint density at radius 1 is 1.09 bits per heavy atom. The molecule has 0 aliphatic rings. The molecular formula is C19H24N2O. The molecule has 0 radical (unpaired) electrons. The second kappa shape index (κ2) is 7.64. The van der Waals surface area contributed by atoms with Crippen molar-refractivity contribution in [3.63, 3.8) is 0 Å². The van der Waals surface area contributed by atoms with Crippen LogP contribution < -0.4 is 10.2 Å². The van der Waals surface area contributed by atoms with E-state index in [4.69, 9.17) is 0 Å². The fraction of sp³-hybridized carbons (Fsp3) is 0.316. The third kappa shape index (κ3) is 4.10. The van der Waals surface area contributed by atoms with Crippen molar-refractivity contribution in [3.05, 3.63) is 65.2 Å². The van der Waals surface area contributed by atoms with E-state index in [1.807, 2.05) is 50.2 Å². The smallest absolute Gasteiger partial charge is 0.251 e. The van der Waals surface area contributed by atoms with E-state index in [1.165, 1.54) is 5.69 Å². The predicted molar refractivity (Wildman–Crippen MR) is 92.6 cm³/mol. The molecule has 0 aliphatic heterocycles. The van der Waals surface area contributed by atoms with Crippen molar-refractivity contribution in [1.29, 1.82) is 0 Å². The normalized spacial score (nSPS) is 10.3. The summed E-state index contributed by atoms with van der Waals surface area (Å²) in [7, 11) is 0. The highest BCUT2D eigenvalue weighted by Crippen LogP contribution is 2.12. The number of hydrogen-bond acceptors (Lipinski definition) is 2. The van der Waals surface area contributed by atoms with Gasteiger partial charge in [0.05, 0.1) is 0 Å². The quantitative estimate of drug-likeness (QED) is 0.884. The molecule has 116 valence electrons. The maximum atomic E-state index is 12.3. The summed E-state index contributed by atoms with van der Waals surface area (Å²) >= 11 is 0. The van der Waals surface area contributed by atoms with E-state index in [0.29, 0.717) is 6.54 Å². The summed E-state index contributed by atoms with van der Waals surface area (Å²) in [5.41, 5.74) is 4.07. The van der Waals surface area contributed by atoms with E-state index in [-0.39, 0.29) is 5.91 Å². The minimum atomic E-state index is 0.00492. The van der Waals surface area contributed by atoms with Crippen LogP contribution in [0.4, 0.5) is 5.69 Å². The van der Waals surface area contributed by atoms with Gasteiger partial charge in [-0.2, -0.15) is 0 Å². The Morgan fingerprint density at radius 3 is 2.50 bits per heavy atom. The zero-order chi connectivity index (χ0) is 15.9. The molecule has 0 spiro atoms. The second-order valence-corrected chi connectivity index (χ2v) is 5.49. The van der Waals surface area contributed by atoms with E-state index >= 15 is 0 Å². The van der Waals surface area contributed by atoms with Gasteiger partial charge in [0, 0.05) is 30.9 Å². The Hall–Kier alpha value is -2.29. The number of nitrogens with zero attached hydrogens (tertiary/aromatic N) is 1. The minimum Gasteiger partial charge on any atom is -0.370 e. The molecule has 1 amide bonds. The summed E-state index contributed by atoms with van der Waals surface area (Å²) in [5, 5.41) is 3.02. The van der Waals surface area contributed by atoms with Crippen molar-refractivity contribution in [2.45, 2.75) is 20.8 Å². The first kappa shape index (κ1) is 16.1. The number of anilines is 1. The molecule has 3 nitrogen and oxygen atoms in total. The summed E-state index contributed by atoms with van der Waals surface area (Å²) in [6, 6.07) is 16.2. The van der Waals surface area contributed by atoms with E-state index in [2.05, 4.69) is 29.3 Å². The van der Waals surface area contributed by atoms with E-state index in [1.54, 1.807) is 0 Å². The zero-order valence-corrected chi connectivity index (χ0v) is 13.6. The lowest BCUT2D eigenvalue weighted by atomic mass is 10.1. The van der Waals surface area contributed by atoms with Crippen molar-refractivity contribution >= 4 is 11.6 Å². The molecule has 2 rings (SSSR count). The van der Waals surface area contributed by atoms with Crippen LogP contribution in [0.3, 0.4) is 0 Å². The Labute approximate surface area is 133 Å². The first-order valence-electron chi connectivity index (χ1n) is 7.77. The van der Waals surface area contributed by atoms with Gasteiger partial charge in [-0.25, -0.2) is 0 Å². The second-order valence-electron chi connectivity index (χ2n) is 5.49. The number of likely N-dealkylation sites (N-methyl/N-ethyl adjacent to an activating group) is 1. The number of carbonyl (C=O) groups is 1. The summed E-state index contributed by atoms with van der Waals surface area (Å²) < 4.78 is 0. The van der Waals surface area contributed by atoms with Crippen molar-refractivity contribution in [3.8, 4) is 0 Å². The Bertz CT molecular complexity index is 623. The topological polar surface area (TPSA) is 32.3 Å². The lowest BCUT2D eigenvalue weighted by Crippen LogP contribution is -2.35. The zero-order valence-electron chi connectivity index (χ0n) is 13.6. The molecule has 0 aliphatic carbocycles. The lowest BCUT2D eigenvalue weighted by Gasteiger charge is -2.23. The van der Waals surface area contributed by atoms with Crippen LogP contribution in [0.2, 0.25) is 0 Å². The average molecular weight is 296 g/mol. The van der Waals surface area contributed by atoms with Gasteiger partial charge < -0.3 is 10.2 Å². The van der Waals surface area contributed by atoms with Crippen molar-refractivity contribution < 1.29 is 4.79 Å². The number of benzene rings is 2. The van der Waals surface area contributed by atoms with Crippen molar-refractivity contribution in [2.75, 3.05) is 24.5 Å². The third-order valence-electron chi connectivity index (χ3n) is 3.81. The van der Waals surface area contributed by atoms with Gasteiger partial charge in [0.1, 0.15) is 0 Å². The van der Waals surface area contributed by atoms with Crippen LogP contribution >= 0.6 is 0 Å². The predicted octanol–water partition coefficient (Wildman–Crippen LogP) is 3.56. The number of nitrogens with one attached hydrogen (secondary N) is 1. The molecular weight excluding hydrogens is 272 g/mol. The van der Waals surface area contributed by atoms with Crippen LogP contribution in [-0.4, -0.2) is 25.5 Å². The van der Waals surface area contributed by atoms with Crippen LogP contribution in [0.5, 0.6) is 0 Å². The number of hydrogen-bond donors (Lipinski definition) is 1. The van der Waals surface area contributed by atoms with E-state index < -0.39 is 0 Å². The number of para-hydroxylation sites is 1. The molecule has 3 heteroatoms. The Morgan fingerprint density at radius 2 is 1.82 bits per heavy atom. The van der Waals surface area contributed by atoms with Gasteiger partial charge in [-0.15, -0.1) is 0 Å². The fourth-order valence-corrected chi connectivity index (χ4v) is 2.49. The number of carbonyl (C=O) groups excluding carboxylic acids is 1. The van der Waals surface area contributed by atoms with E-state index in [0.717, 1.165) is 29.8 Å². The molecule has 0 fully saturated rings. The Kier molecular flexibility index (Phi) is 5.59. The third-order valence-corrected chi connectivity index (χ3v) is 3.81. The molecule has 2 aromatic rings. The summed E-state index contributed by atoms with van der Waals surface area (Å²) in [6.45, 7) is 8.45. The van der Waals surface area contributed by atoms with Crippen LogP contribution in [0.25, 0.3) is 0 Å². The van der Waals surface area contributed by atoms with Crippen molar-refractivity contribution in [2.24, 2.45) is 0 Å². The van der Waals surface area contributed by atoms with Gasteiger partial charge in [-0.05, 0) is 44.5 Å². The molecule has 2 aromatic carbocycles. The highest BCUT2D eigenvalue weighted by Gasteiger charge is 2.09. The Balaban J connectivity index is 1.92. The number of aryl methyl sites for hydroxylation is 2. The standard InChI is InChI=1S/C19H24N2O/c1-4-21(17-8-6-5-7-9-17)13-12-20-19(22)18-14-15(2)10-11-16(18)3/h5-11,14H,4,12-13H2,1-3H3,(H,20,22). The lowest BCUT2D eigenvalue weighted by molar-refractivity contribution is 0.0954. The first-order valence-corrected chi connectivity index (χ1v) is 7.77. The maximum Gasteiger partial charge on any atom is 0.251 e. The number of amides is 1. The van der Waals surface area contributed by atoms with Crippen LogP contribution in [0.1, 0.15) is 28.4 Å². The first-order chi connectivity index (χ1) is 10.6. The van der Waals surface area contributed by atoms with Gasteiger partial charge in [0.25, 0.3) is 5.91 Å². The fourth-order valence-electron chi connectivity index (χ4n) is 2.49. The molecule has 0 saturated heterocycles. The SMILES string of the molecule is CCN(CCNC(=O)c1cc(C)ccc1C)c1ccccc1. The van der Waals surface area contributed by atoms with Crippen LogP contribution in [0.15, 0.2) is 48.5 Å². The summed E-state index contributed by atoms with van der Waals surface area (Å²) in [4.78, 5) is 14.5.